The summed E-state index contributed by atoms with van der Waals surface area (Å²) in [5.41, 5.74) is 0. The molecule has 0 radical (unpaired) electrons. The second-order valence-electron chi connectivity index (χ2n) is 26.3. The number of hydrogen-bond acceptors (Lipinski definition) is 5. The minimum Gasteiger partial charge on any atom is -0.466 e. The average Bonchev–Trinajstić information content (AvgIpc) is 3.54. The summed E-state index contributed by atoms with van der Waals surface area (Å²) in [5, 5.41) is 23.3. The zero-order valence-electron chi connectivity index (χ0n) is 57.8. The number of ether oxygens (including phenoxy) is 1. The Balaban J connectivity index is 3.43. The molecule has 2 atom stereocenters. The molecule has 0 fully saturated rings. The van der Waals surface area contributed by atoms with Crippen LogP contribution in [0.15, 0.2) is 60.8 Å². The van der Waals surface area contributed by atoms with Crippen LogP contribution in [0.2, 0.25) is 0 Å². The second kappa shape index (κ2) is 75.0. The van der Waals surface area contributed by atoms with Gasteiger partial charge in [-0.05, 0) is 96.3 Å². The normalized spacial score (nSPS) is 12.8. The fourth-order valence-corrected chi connectivity index (χ4v) is 11.9. The number of carbonyl (C=O) groups excluding carboxylic acids is 2. The first-order valence-corrected chi connectivity index (χ1v) is 38.6. The van der Waals surface area contributed by atoms with E-state index in [1.807, 2.05) is 6.08 Å². The monoisotopic (exact) mass is 1200 g/mol. The van der Waals surface area contributed by atoms with Gasteiger partial charge in [-0.1, -0.05) is 364 Å². The molecule has 0 saturated carbocycles. The molecule has 1 amide bonds. The molecule has 86 heavy (non-hydrogen) atoms. The Morgan fingerprint density at radius 1 is 0.326 bits per heavy atom. The van der Waals surface area contributed by atoms with Crippen LogP contribution < -0.4 is 5.32 Å². The molecule has 6 nitrogen and oxygen atoms in total. The van der Waals surface area contributed by atoms with E-state index in [0.717, 1.165) is 57.8 Å². The summed E-state index contributed by atoms with van der Waals surface area (Å²) >= 11 is 0. The molecule has 0 heterocycles. The SMILES string of the molecule is CCCCC/C=C\C/C=C\CCCCCCCC(=O)OCCCCCCCCCCC/C=C\C/C=C\CCCCCCCCCCCCCCCCCC(=O)NC(CO)C(O)/C=C/CCCCCCCCCCCCCCCCCCCCCCC. The van der Waals surface area contributed by atoms with Gasteiger partial charge in [0, 0.05) is 12.8 Å². The molecular weight excluding hydrogens is 1050 g/mol. The van der Waals surface area contributed by atoms with Crippen molar-refractivity contribution in [2.45, 2.75) is 424 Å². The highest BCUT2D eigenvalue weighted by Gasteiger charge is 2.18. The van der Waals surface area contributed by atoms with Gasteiger partial charge in [-0.3, -0.25) is 9.59 Å². The van der Waals surface area contributed by atoms with E-state index in [-0.39, 0.29) is 18.5 Å². The molecule has 0 aliphatic heterocycles. The van der Waals surface area contributed by atoms with Crippen LogP contribution >= 0.6 is 0 Å². The van der Waals surface area contributed by atoms with Crippen LogP contribution in [0.25, 0.3) is 0 Å². The standard InChI is InChI=1S/C80H149NO5/c1-3-5-7-9-11-13-15-17-19-20-21-22-32-35-38-41-45-48-52-56-60-64-68-72-78(83)77(76-82)81-79(84)73-69-65-61-57-53-49-46-42-39-36-33-30-28-26-24-23-25-27-29-31-34-37-40-43-47-51-55-59-63-67-71-75-86-80(85)74-70-66-62-58-54-50-44-18-16-14-12-10-8-6-4-2/h12,14,18,25,27,31,34,44,68,72,77-78,82-83H,3-11,13,15-17,19-24,26,28-30,32-33,35-43,45-67,69-71,73-76H2,1-2H3,(H,81,84)/b14-12-,27-25-,34-31-,44-18-,72-68+. The van der Waals surface area contributed by atoms with Gasteiger partial charge in [-0.2, -0.15) is 0 Å². The Morgan fingerprint density at radius 3 is 0.907 bits per heavy atom. The van der Waals surface area contributed by atoms with E-state index in [1.54, 1.807) is 6.08 Å². The zero-order chi connectivity index (χ0) is 62.0. The second-order valence-corrected chi connectivity index (χ2v) is 26.3. The highest BCUT2D eigenvalue weighted by atomic mass is 16.5. The van der Waals surface area contributed by atoms with Gasteiger partial charge in [0.1, 0.15) is 0 Å². The lowest BCUT2D eigenvalue weighted by Gasteiger charge is -2.20. The summed E-state index contributed by atoms with van der Waals surface area (Å²) in [6, 6.07) is -0.630. The Kier molecular flexibility index (Phi) is 72.9. The molecule has 0 bridgehead atoms. The summed E-state index contributed by atoms with van der Waals surface area (Å²) in [6.07, 6.45) is 100. The number of esters is 1. The molecule has 0 aliphatic carbocycles. The number of nitrogens with one attached hydrogen (secondary N) is 1. The van der Waals surface area contributed by atoms with Crippen LogP contribution in [0, 0.1) is 0 Å². The predicted octanol–water partition coefficient (Wildman–Crippen LogP) is 25.4. The molecule has 0 aromatic rings. The Hall–Kier alpha value is -2.44. The molecule has 0 spiro atoms. The van der Waals surface area contributed by atoms with E-state index in [0.29, 0.717) is 19.4 Å². The molecule has 6 heteroatoms. The number of rotatable bonds is 72. The number of hydrogen-bond donors (Lipinski definition) is 3. The first-order valence-electron chi connectivity index (χ1n) is 38.6. The lowest BCUT2D eigenvalue weighted by Crippen LogP contribution is -2.45. The predicted molar refractivity (Wildman–Crippen MR) is 379 cm³/mol. The van der Waals surface area contributed by atoms with Gasteiger partial charge in [0.05, 0.1) is 25.4 Å². The third kappa shape index (κ3) is 70.6. The maximum absolute atomic E-state index is 12.5. The molecule has 0 aromatic heterocycles. The molecule has 2 unspecified atom stereocenters. The number of carbonyl (C=O) groups is 2. The van der Waals surface area contributed by atoms with E-state index in [9.17, 15) is 19.8 Å². The summed E-state index contributed by atoms with van der Waals surface area (Å²) in [7, 11) is 0. The van der Waals surface area contributed by atoms with E-state index >= 15 is 0 Å². The zero-order valence-corrected chi connectivity index (χ0v) is 57.8. The van der Waals surface area contributed by atoms with Gasteiger partial charge >= 0.3 is 5.97 Å². The van der Waals surface area contributed by atoms with Crippen molar-refractivity contribution in [3.8, 4) is 0 Å². The van der Waals surface area contributed by atoms with Gasteiger partial charge in [-0.25, -0.2) is 0 Å². The van der Waals surface area contributed by atoms with Gasteiger partial charge in [0.2, 0.25) is 5.91 Å². The quantitative estimate of drug-likeness (QED) is 0.0320. The topological polar surface area (TPSA) is 95.9 Å². The van der Waals surface area contributed by atoms with Crippen LogP contribution in [-0.2, 0) is 14.3 Å². The highest BCUT2D eigenvalue weighted by Crippen LogP contribution is 2.19. The smallest absolute Gasteiger partial charge is 0.305 e. The third-order valence-electron chi connectivity index (χ3n) is 17.8. The first-order chi connectivity index (χ1) is 42.5. The number of aliphatic hydroxyl groups excluding tert-OH is 2. The molecule has 504 valence electrons. The molecule has 0 saturated heterocycles. The van der Waals surface area contributed by atoms with E-state index in [4.69, 9.17) is 4.74 Å². The molecule has 0 aliphatic rings. The number of unbranched alkanes of at least 4 members (excludes halogenated alkanes) is 53. The van der Waals surface area contributed by atoms with Gasteiger partial charge in [0.25, 0.3) is 0 Å². The number of amides is 1. The van der Waals surface area contributed by atoms with Crippen molar-refractivity contribution in [1.29, 1.82) is 0 Å². The summed E-state index contributed by atoms with van der Waals surface area (Å²) in [5.74, 6) is -0.0647. The number of aliphatic hydroxyl groups is 2. The van der Waals surface area contributed by atoms with Gasteiger partial charge in [-0.15, -0.1) is 0 Å². The maximum Gasteiger partial charge on any atom is 0.305 e. The lowest BCUT2D eigenvalue weighted by molar-refractivity contribution is -0.143. The van der Waals surface area contributed by atoms with Gasteiger partial charge in [0.15, 0.2) is 0 Å². The van der Waals surface area contributed by atoms with Crippen molar-refractivity contribution in [1.82, 2.24) is 5.32 Å². The van der Waals surface area contributed by atoms with Crippen LogP contribution in [0.5, 0.6) is 0 Å². The molecular formula is C80H149NO5. The minimum atomic E-state index is -0.847. The van der Waals surface area contributed by atoms with E-state index < -0.39 is 12.1 Å². The van der Waals surface area contributed by atoms with E-state index in [2.05, 4.69) is 67.8 Å². The minimum absolute atomic E-state index is 0.00104. The Labute approximate surface area is 537 Å². The average molecular weight is 1210 g/mol. The Morgan fingerprint density at radius 2 is 0.581 bits per heavy atom. The largest absolute Gasteiger partial charge is 0.466 e. The molecule has 0 rings (SSSR count). The first kappa shape index (κ1) is 83.6. The van der Waals surface area contributed by atoms with Crippen molar-refractivity contribution < 1.29 is 24.5 Å². The fraction of sp³-hybridized carbons (Fsp3) is 0.850. The highest BCUT2D eigenvalue weighted by molar-refractivity contribution is 5.76. The molecule has 0 aromatic carbocycles. The molecule has 3 N–H and O–H groups in total. The van der Waals surface area contributed by atoms with Crippen molar-refractivity contribution in [3.63, 3.8) is 0 Å². The third-order valence-corrected chi connectivity index (χ3v) is 17.8. The van der Waals surface area contributed by atoms with Crippen LogP contribution in [0.1, 0.15) is 412 Å². The van der Waals surface area contributed by atoms with Crippen LogP contribution in [0.3, 0.4) is 0 Å². The van der Waals surface area contributed by atoms with Crippen LogP contribution in [-0.4, -0.2) is 47.4 Å². The summed E-state index contributed by atoms with van der Waals surface area (Å²) in [4.78, 5) is 24.6. The lowest BCUT2D eigenvalue weighted by atomic mass is 10.0. The Bertz CT molecular complexity index is 1480. The van der Waals surface area contributed by atoms with Crippen molar-refractivity contribution in [2.75, 3.05) is 13.2 Å². The summed E-state index contributed by atoms with van der Waals surface area (Å²) in [6.45, 7) is 4.90. The van der Waals surface area contributed by atoms with E-state index in [1.165, 1.54) is 327 Å². The number of allylic oxidation sites excluding steroid dienone is 9. The van der Waals surface area contributed by atoms with Crippen molar-refractivity contribution in [3.05, 3.63) is 60.8 Å². The van der Waals surface area contributed by atoms with Crippen molar-refractivity contribution in [2.24, 2.45) is 0 Å². The fourth-order valence-electron chi connectivity index (χ4n) is 11.9. The van der Waals surface area contributed by atoms with Crippen LogP contribution in [0.4, 0.5) is 0 Å². The maximum atomic E-state index is 12.5. The van der Waals surface area contributed by atoms with Crippen molar-refractivity contribution >= 4 is 11.9 Å². The van der Waals surface area contributed by atoms with Gasteiger partial charge < -0.3 is 20.3 Å². The summed E-state index contributed by atoms with van der Waals surface area (Å²) < 4.78 is 5.48.